The van der Waals surface area contributed by atoms with E-state index in [2.05, 4.69) is 10.3 Å². The summed E-state index contributed by atoms with van der Waals surface area (Å²) in [7, 11) is 0. The van der Waals surface area contributed by atoms with Crippen LogP contribution < -0.4 is 5.32 Å². The first-order valence-corrected chi connectivity index (χ1v) is 9.68. The van der Waals surface area contributed by atoms with Gasteiger partial charge in [0.05, 0.1) is 28.0 Å². The lowest BCUT2D eigenvalue weighted by Gasteiger charge is -2.20. The summed E-state index contributed by atoms with van der Waals surface area (Å²) in [6.07, 6.45) is 0.963. The van der Waals surface area contributed by atoms with Crippen molar-refractivity contribution >= 4 is 46.1 Å². The third kappa shape index (κ3) is 5.13. The normalized spacial score (nSPS) is 14.9. The van der Waals surface area contributed by atoms with Crippen LogP contribution in [0.1, 0.15) is 13.8 Å². The number of nitrogens with one attached hydrogen (secondary N) is 1. The van der Waals surface area contributed by atoms with E-state index in [4.69, 9.17) is 23.2 Å². The van der Waals surface area contributed by atoms with Crippen molar-refractivity contribution in [3.8, 4) is 11.5 Å². The van der Waals surface area contributed by atoms with Gasteiger partial charge in [-0.05, 0) is 36.4 Å². The third-order valence-corrected chi connectivity index (χ3v) is 4.50. The number of ketones is 1. The van der Waals surface area contributed by atoms with Crippen molar-refractivity contribution in [2.75, 3.05) is 11.9 Å². The van der Waals surface area contributed by atoms with Crippen LogP contribution in [0.15, 0.2) is 64.5 Å². The van der Waals surface area contributed by atoms with E-state index in [0.29, 0.717) is 5.69 Å². The van der Waals surface area contributed by atoms with E-state index >= 15 is 0 Å². The van der Waals surface area contributed by atoms with Crippen molar-refractivity contribution in [2.24, 2.45) is 4.99 Å². The lowest BCUT2D eigenvalue weighted by atomic mass is 9.97. The van der Waals surface area contributed by atoms with Gasteiger partial charge < -0.3 is 25.7 Å². The average molecular weight is 451 g/mol. The number of phenolic OH excluding ortho intramolecular Hbond substituents is 2. The zero-order valence-corrected chi connectivity index (χ0v) is 17.7. The topological polar surface area (TPSA) is 122 Å². The second-order valence-electron chi connectivity index (χ2n) is 5.79. The van der Waals surface area contributed by atoms with Gasteiger partial charge in [0, 0.05) is 17.3 Å². The van der Waals surface area contributed by atoms with E-state index in [-0.39, 0.29) is 50.0 Å². The minimum absolute atomic E-state index is 0.0510. The van der Waals surface area contributed by atoms with Gasteiger partial charge in [-0.15, -0.1) is 0 Å². The summed E-state index contributed by atoms with van der Waals surface area (Å²) < 4.78 is 0. The van der Waals surface area contributed by atoms with E-state index in [1.165, 1.54) is 36.4 Å². The molecular formula is C21H20Cl2N2O5. The van der Waals surface area contributed by atoms with E-state index in [9.17, 15) is 25.2 Å². The van der Waals surface area contributed by atoms with E-state index in [1.807, 2.05) is 13.8 Å². The Hall–Kier alpha value is -3.00. The number of benzene rings is 2. The maximum atomic E-state index is 12.4. The van der Waals surface area contributed by atoms with Crippen molar-refractivity contribution in [1.82, 2.24) is 0 Å². The van der Waals surface area contributed by atoms with Crippen LogP contribution in [0.2, 0.25) is 10.0 Å². The smallest absolute Gasteiger partial charge is 0.208 e. The summed E-state index contributed by atoms with van der Waals surface area (Å²) >= 11 is 11.7. The fourth-order valence-corrected chi connectivity index (χ4v) is 2.88. The number of aromatic hydroxyl groups is 2. The molecule has 0 bridgehead atoms. The molecule has 0 saturated heterocycles. The van der Waals surface area contributed by atoms with E-state index in [1.54, 1.807) is 0 Å². The Balaban J connectivity index is 0.00000155. The lowest BCUT2D eigenvalue weighted by molar-refractivity contribution is -0.109. The van der Waals surface area contributed by atoms with Crippen LogP contribution in [-0.4, -0.2) is 38.5 Å². The molecule has 0 aromatic heterocycles. The molecule has 158 valence electrons. The number of carbonyl (C=O) groups excluding carboxylic acids is 1. The highest BCUT2D eigenvalue weighted by molar-refractivity contribution is 6.51. The molecule has 1 aliphatic carbocycles. The molecule has 5 N–H and O–H groups in total. The number of halogens is 2. The van der Waals surface area contributed by atoms with Gasteiger partial charge >= 0.3 is 0 Å². The van der Waals surface area contributed by atoms with E-state index in [0.717, 1.165) is 6.08 Å². The molecule has 9 heteroatoms. The molecule has 3 rings (SSSR count). The first-order chi connectivity index (χ1) is 14.3. The van der Waals surface area contributed by atoms with Gasteiger partial charge in [-0.25, -0.2) is 4.99 Å². The highest BCUT2D eigenvalue weighted by Gasteiger charge is 2.27. The molecule has 0 fully saturated rings. The number of hydrogen-bond donors (Lipinski definition) is 5. The summed E-state index contributed by atoms with van der Waals surface area (Å²) in [4.78, 5) is 16.6. The maximum Gasteiger partial charge on any atom is 0.208 e. The second kappa shape index (κ2) is 10.2. The van der Waals surface area contributed by atoms with Gasteiger partial charge in [0.15, 0.2) is 0 Å². The summed E-state index contributed by atoms with van der Waals surface area (Å²) in [6.45, 7) is 3.41. The molecular weight excluding hydrogens is 431 g/mol. The van der Waals surface area contributed by atoms with Crippen LogP contribution in [0.5, 0.6) is 11.5 Å². The van der Waals surface area contributed by atoms with Gasteiger partial charge in [-0.3, -0.25) is 4.79 Å². The quantitative estimate of drug-likeness (QED) is 0.333. The molecule has 0 amide bonds. The van der Waals surface area contributed by atoms with Crippen LogP contribution in [0.4, 0.5) is 11.4 Å². The van der Waals surface area contributed by atoms with Crippen LogP contribution >= 0.6 is 23.2 Å². The summed E-state index contributed by atoms with van der Waals surface area (Å²) in [5.41, 5.74) is 0.698. The second-order valence-corrected chi connectivity index (χ2v) is 6.61. The van der Waals surface area contributed by atoms with Gasteiger partial charge in [0.1, 0.15) is 23.0 Å². The van der Waals surface area contributed by atoms with Crippen LogP contribution in [0, 0.1) is 0 Å². The monoisotopic (exact) mass is 450 g/mol. The number of hydrogen-bond acceptors (Lipinski definition) is 7. The Labute approximate surface area is 183 Å². The highest BCUT2D eigenvalue weighted by atomic mass is 35.5. The largest absolute Gasteiger partial charge is 0.506 e. The standard InChI is InChI=1S/C19H14Cl2N2O5.C2H6/c20-12-5-9(1-3-14(12)25)22-18-11(8-24)19(17(28)7-16(18)27)23-10-2-4-15(26)13(21)6-10;1-2/h1-7,22,24-27H,8H2;1-2H3. The zero-order valence-electron chi connectivity index (χ0n) is 16.1. The van der Waals surface area contributed by atoms with E-state index < -0.39 is 12.4 Å². The number of rotatable bonds is 4. The molecule has 0 unspecified atom stereocenters. The first-order valence-electron chi connectivity index (χ1n) is 8.92. The Morgan fingerprint density at radius 2 is 1.57 bits per heavy atom. The van der Waals surface area contributed by atoms with Gasteiger partial charge in [-0.2, -0.15) is 0 Å². The SMILES string of the molecule is CC.O=C1C=C(O)C(Nc2ccc(O)c(Cl)c2)=C(CO)C1=Nc1ccc(O)c(Cl)c1. The molecule has 2 aromatic rings. The Morgan fingerprint density at radius 3 is 2.13 bits per heavy atom. The number of aliphatic imine (C=N–C) groups is 1. The molecule has 0 saturated carbocycles. The number of nitrogens with zero attached hydrogens (tertiary/aromatic N) is 1. The van der Waals surface area contributed by atoms with Crippen molar-refractivity contribution in [3.05, 3.63) is 69.5 Å². The number of anilines is 1. The molecule has 7 nitrogen and oxygen atoms in total. The van der Waals surface area contributed by atoms with Gasteiger partial charge in [0.2, 0.25) is 5.78 Å². The Bertz CT molecular complexity index is 1060. The molecule has 2 aromatic carbocycles. The summed E-state index contributed by atoms with van der Waals surface area (Å²) in [6, 6.07) is 8.40. The van der Waals surface area contributed by atoms with Crippen LogP contribution in [0.25, 0.3) is 0 Å². The molecule has 0 aliphatic heterocycles. The number of allylic oxidation sites excluding steroid dienone is 1. The Morgan fingerprint density at radius 1 is 0.967 bits per heavy atom. The minimum Gasteiger partial charge on any atom is -0.506 e. The first kappa shape index (κ1) is 23.3. The predicted molar refractivity (Wildman–Crippen MR) is 118 cm³/mol. The van der Waals surface area contributed by atoms with Gasteiger partial charge in [-0.1, -0.05) is 37.0 Å². The lowest BCUT2D eigenvalue weighted by Crippen LogP contribution is -2.26. The predicted octanol–water partition coefficient (Wildman–Crippen LogP) is 4.89. The highest BCUT2D eigenvalue weighted by Crippen LogP contribution is 2.31. The van der Waals surface area contributed by atoms with Crippen molar-refractivity contribution in [3.63, 3.8) is 0 Å². The fourth-order valence-electron chi connectivity index (χ4n) is 2.53. The third-order valence-electron chi connectivity index (χ3n) is 3.89. The maximum absolute atomic E-state index is 12.4. The minimum atomic E-state index is -0.611. The summed E-state index contributed by atoms with van der Waals surface area (Å²) in [5, 5.41) is 42.0. The number of aliphatic hydroxyl groups excluding tert-OH is 2. The fraction of sp³-hybridized carbons (Fsp3) is 0.143. The molecule has 0 spiro atoms. The molecule has 0 heterocycles. The van der Waals surface area contributed by atoms with Crippen molar-refractivity contribution in [2.45, 2.75) is 13.8 Å². The molecule has 0 radical (unpaired) electrons. The molecule has 1 aliphatic rings. The van der Waals surface area contributed by atoms with Crippen LogP contribution in [0.3, 0.4) is 0 Å². The van der Waals surface area contributed by atoms with Crippen molar-refractivity contribution < 1.29 is 25.2 Å². The van der Waals surface area contributed by atoms with Gasteiger partial charge in [0.25, 0.3) is 0 Å². The number of phenols is 2. The Kier molecular flexibility index (Phi) is 7.88. The number of carbonyl (C=O) groups is 1. The van der Waals surface area contributed by atoms with Crippen molar-refractivity contribution in [1.29, 1.82) is 0 Å². The average Bonchev–Trinajstić information content (AvgIpc) is 2.72. The number of aliphatic hydroxyl groups is 2. The zero-order chi connectivity index (χ0) is 22.4. The summed E-state index contributed by atoms with van der Waals surface area (Å²) in [5.74, 6) is -1.25. The molecule has 0 atom stereocenters. The van der Waals surface area contributed by atoms with Crippen LogP contribution in [-0.2, 0) is 4.79 Å². The molecule has 30 heavy (non-hydrogen) atoms.